The predicted octanol–water partition coefficient (Wildman–Crippen LogP) is 1.29. The number of benzene rings is 1. The minimum atomic E-state index is -3.69. The van der Waals surface area contributed by atoms with E-state index in [1.165, 1.54) is 28.2 Å². The molecule has 0 unspecified atom stereocenters. The van der Waals surface area contributed by atoms with E-state index in [9.17, 15) is 18.0 Å². The number of aromatic nitrogens is 4. The van der Waals surface area contributed by atoms with E-state index < -0.39 is 10.0 Å². The number of nitrogens with one attached hydrogen (secondary N) is 1. The maximum atomic E-state index is 12.9. The van der Waals surface area contributed by atoms with Crippen LogP contribution < -0.4 is 5.56 Å². The Bertz CT molecular complexity index is 1380. The summed E-state index contributed by atoms with van der Waals surface area (Å²) in [4.78, 5) is 28.1. The van der Waals surface area contributed by atoms with E-state index in [0.717, 1.165) is 30.5 Å². The van der Waals surface area contributed by atoms with E-state index in [1.54, 1.807) is 12.1 Å². The van der Waals surface area contributed by atoms with Gasteiger partial charge in [0.05, 0.1) is 23.9 Å². The Balaban J connectivity index is 1.37. The van der Waals surface area contributed by atoms with Crippen molar-refractivity contribution in [3.05, 3.63) is 51.4 Å². The van der Waals surface area contributed by atoms with Crippen LogP contribution in [0.15, 0.2) is 39.1 Å². The second-order valence-corrected chi connectivity index (χ2v) is 10.9. The van der Waals surface area contributed by atoms with Crippen LogP contribution in [-0.4, -0.2) is 70.1 Å². The quantitative estimate of drug-likeness (QED) is 0.405. The van der Waals surface area contributed by atoms with Crippen molar-refractivity contribution in [3.63, 3.8) is 0 Å². The number of aromatic amines is 1. The normalized spacial score (nSPS) is 17.2. The van der Waals surface area contributed by atoms with Gasteiger partial charge < -0.3 is 4.74 Å². The van der Waals surface area contributed by atoms with Gasteiger partial charge in [-0.15, -0.1) is 10.2 Å². The number of thioether (sulfide) groups is 1. The van der Waals surface area contributed by atoms with Crippen molar-refractivity contribution in [2.75, 3.05) is 32.1 Å². The molecule has 0 bridgehead atoms. The van der Waals surface area contributed by atoms with E-state index in [2.05, 4.69) is 15.2 Å². The molecule has 0 radical (unpaired) electrons. The Kier molecular flexibility index (Phi) is 6.08. The van der Waals surface area contributed by atoms with Crippen LogP contribution >= 0.6 is 11.8 Å². The summed E-state index contributed by atoms with van der Waals surface area (Å²) < 4.78 is 34.3. The monoisotopic (exact) mass is 489 g/mol. The lowest BCUT2D eigenvalue weighted by Gasteiger charge is -2.26. The minimum Gasteiger partial charge on any atom is -0.379 e. The summed E-state index contributed by atoms with van der Waals surface area (Å²) in [6, 6.07) is 6.12. The van der Waals surface area contributed by atoms with Crippen molar-refractivity contribution in [2.24, 2.45) is 0 Å². The molecule has 3 aromatic rings. The molecule has 1 saturated heterocycles. The maximum absolute atomic E-state index is 12.9. The number of ether oxygens (including phenoxy) is 1. The smallest absolute Gasteiger partial charge is 0.255 e. The number of ketones is 1. The average molecular weight is 490 g/mol. The molecule has 12 heteroatoms. The van der Waals surface area contributed by atoms with Gasteiger partial charge in [0, 0.05) is 29.9 Å². The van der Waals surface area contributed by atoms with Gasteiger partial charge >= 0.3 is 0 Å². The van der Waals surface area contributed by atoms with E-state index in [-0.39, 0.29) is 22.0 Å². The lowest BCUT2D eigenvalue weighted by molar-refractivity contribution is 0.0730. The number of nitrogens with zero attached hydrogens (tertiary/aromatic N) is 4. The van der Waals surface area contributed by atoms with Gasteiger partial charge in [-0.2, -0.15) is 4.31 Å². The number of morpholine rings is 1. The maximum Gasteiger partial charge on any atom is 0.255 e. The zero-order valence-corrected chi connectivity index (χ0v) is 19.5. The van der Waals surface area contributed by atoms with Crippen LogP contribution in [0.25, 0.3) is 5.78 Å². The Morgan fingerprint density at radius 3 is 2.76 bits per heavy atom. The highest BCUT2D eigenvalue weighted by Crippen LogP contribution is 2.25. The molecule has 33 heavy (non-hydrogen) atoms. The second-order valence-electron chi connectivity index (χ2n) is 7.98. The highest BCUT2D eigenvalue weighted by Gasteiger charge is 2.27. The van der Waals surface area contributed by atoms with Crippen molar-refractivity contribution in [1.82, 2.24) is 23.9 Å². The average Bonchev–Trinajstić information content (AvgIpc) is 3.26. The third-order valence-corrected chi connectivity index (χ3v) is 8.76. The third kappa shape index (κ3) is 4.23. The fourth-order valence-corrected chi connectivity index (χ4v) is 6.53. The van der Waals surface area contributed by atoms with Crippen LogP contribution in [0, 0.1) is 0 Å². The first-order valence-electron chi connectivity index (χ1n) is 10.8. The lowest BCUT2D eigenvalue weighted by Crippen LogP contribution is -2.40. The summed E-state index contributed by atoms with van der Waals surface area (Å²) >= 11 is 1.22. The Labute approximate surface area is 194 Å². The molecule has 0 atom stereocenters. The predicted molar refractivity (Wildman–Crippen MR) is 121 cm³/mol. The van der Waals surface area contributed by atoms with E-state index in [0.29, 0.717) is 49.2 Å². The molecule has 10 nitrogen and oxygen atoms in total. The fourth-order valence-electron chi connectivity index (χ4n) is 4.22. The summed E-state index contributed by atoms with van der Waals surface area (Å²) in [6.45, 7) is 1.30. The molecule has 0 spiro atoms. The van der Waals surface area contributed by atoms with E-state index in [4.69, 9.17) is 4.74 Å². The molecule has 0 amide bonds. The van der Waals surface area contributed by atoms with Gasteiger partial charge in [0.25, 0.3) is 5.56 Å². The van der Waals surface area contributed by atoms with Crippen LogP contribution in [0.4, 0.5) is 0 Å². The van der Waals surface area contributed by atoms with Crippen molar-refractivity contribution in [1.29, 1.82) is 0 Å². The number of Topliss-reactive ketones (excluding diaryl/α,β-unsaturated/α-hetero) is 1. The zero-order valence-electron chi connectivity index (χ0n) is 17.8. The molecule has 5 rings (SSSR count). The van der Waals surface area contributed by atoms with Gasteiger partial charge in [-0.1, -0.05) is 23.9 Å². The Morgan fingerprint density at radius 2 is 1.94 bits per heavy atom. The molecule has 174 valence electrons. The number of H-pyrrole nitrogens is 1. The van der Waals surface area contributed by atoms with Crippen LogP contribution in [0.1, 0.15) is 34.5 Å². The van der Waals surface area contributed by atoms with Gasteiger partial charge in [-0.3, -0.25) is 19.0 Å². The molecule has 3 heterocycles. The molecule has 1 aliphatic heterocycles. The number of fused-ring (bicyclic) bond motifs is 3. The number of hydrogen-bond donors (Lipinski definition) is 1. The molecule has 2 aliphatic rings. The number of carbonyl (C=O) groups is 1. The minimum absolute atomic E-state index is 0.0652. The molecule has 0 saturated carbocycles. The van der Waals surface area contributed by atoms with Gasteiger partial charge in [0.2, 0.25) is 15.8 Å². The number of carbonyl (C=O) groups excluding carboxylic acids is 1. The third-order valence-electron chi connectivity index (χ3n) is 5.94. The fraction of sp³-hybridized carbons (Fsp3) is 0.429. The van der Waals surface area contributed by atoms with Gasteiger partial charge in [-0.25, -0.2) is 8.42 Å². The number of rotatable bonds is 6. The topological polar surface area (TPSA) is 127 Å². The first-order chi connectivity index (χ1) is 15.9. The molecular formula is C21H23N5O5S2. The molecule has 1 N–H and O–H groups in total. The molecule has 1 aliphatic carbocycles. The summed E-state index contributed by atoms with van der Waals surface area (Å²) in [7, 11) is -3.69. The molecule has 2 aromatic heterocycles. The number of aryl methyl sites for hydroxylation is 1. The van der Waals surface area contributed by atoms with Crippen molar-refractivity contribution in [3.8, 4) is 0 Å². The van der Waals surface area contributed by atoms with Gasteiger partial charge in [0.15, 0.2) is 10.9 Å². The SMILES string of the molecule is O=C(CSc1nnc2[nH]c(=O)c3c(n12)CCCC3)c1cccc(S(=O)(=O)N2CCOCC2)c1. The second kappa shape index (κ2) is 9.01. The Hall–Kier alpha value is -2.54. The van der Waals surface area contributed by atoms with Crippen LogP contribution in [0.5, 0.6) is 0 Å². The highest BCUT2D eigenvalue weighted by molar-refractivity contribution is 7.99. The summed E-state index contributed by atoms with van der Waals surface area (Å²) in [5.74, 6) is 0.221. The van der Waals surface area contributed by atoms with Crippen LogP contribution in [-0.2, 0) is 27.6 Å². The van der Waals surface area contributed by atoms with Crippen molar-refractivity contribution in [2.45, 2.75) is 35.7 Å². The molecule has 1 fully saturated rings. The molecular weight excluding hydrogens is 466 g/mol. The largest absolute Gasteiger partial charge is 0.379 e. The van der Waals surface area contributed by atoms with Gasteiger partial charge in [0.1, 0.15) is 0 Å². The molecule has 1 aromatic carbocycles. The number of sulfonamides is 1. The summed E-state index contributed by atoms with van der Waals surface area (Å²) in [5, 5.41) is 8.77. The summed E-state index contributed by atoms with van der Waals surface area (Å²) in [6.07, 6.45) is 3.43. The first kappa shape index (κ1) is 22.3. The van der Waals surface area contributed by atoms with Crippen LogP contribution in [0.3, 0.4) is 0 Å². The van der Waals surface area contributed by atoms with Crippen LogP contribution in [0.2, 0.25) is 0 Å². The summed E-state index contributed by atoms with van der Waals surface area (Å²) in [5.41, 5.74) is 1.85. The van der Waals surface area contributed by atoms with Crippen molar-refractivity contribution >= 4 is 33.3 Å². The first-order valence-corrected chi connectivity index (χ1v) is 13.2. The standard InChI is InChI=1S/C21H23N5O5S2/c27-18(14-4-3-5-15(12-14)33(29,30)25-8-10-31-11-9-25)13-32-21-24-23-20-22-19(28)16-6-1-2-7-17(16)26(20)21/h3-5,12H,1-2,6-11,13H2,(H,22,23,28). The highest BCUT2D eigenvalue weighted by atomic mass is 32.2. The lowest BCUT2D eigenvalue weighted by atomic mass is 9.97. The number of hydrogen-bond acceptors (Lipinski definition) is 8. The Morgan fingerprint density at radius 1 is 1.15 bits per heavy atom. The van der Waals surface area contributed by atoms with Gasteiger partial charge in [-0.05, 0) is 37.8 Å². The van der Waals surface area contributed by atoms with E-state index in [1.807, 2.05) is 4.40 Å². The van der Waals surface area contributed by atoms with E-state index >= 15 is 0 Å². The van der Waals surface area contributed by atoms with Crippen molar-refractivity contribution < 1.29 is 17.9 Å². The zero-order chi connectivity index (χ0) is 23.0.